The molecule has 0 aromatic heterocycles. The molecule has 0 fully saturated rings. The van der Waals surface area contributed by atoms with Gasteiger partial charge in [-0.25, -0.2) is 0 Å². The molecule has 1 rings (SSSR count). The number of rotatable bonds is 6. The van der Waals surface area contributed by atoms with Gasteiger partial charge < -0.3 is 0 Å². The summed E-state index contributed by atoms with van der Waals surface area (Å²) < 4.78 is 0. The molecule has 0 aliphatic rings. The highest BCUT2D eigenvalue weighted by Gasteiger charge is 2.19. The van der Waals surface area contributed by atoms with Gasteiger partial charge in [0.15, 0.2) is 0 Å². The summed E-state index contributed by atoms with van der Waals surface area (Å²) in [4.78, 5) is 0. The zero-order chi connectivity index (χ0) is 16.0. The van der Waals surface area contributed by atoms with Crippen LogP contribution in [-0.4, -0.2) is 0 Å². The topological polar surface area (TPSA) is 0 Å². The van der Waals surface area contributed by atoms with Crippen LogP contribution in [0.4, 0.5) is 0 Å². The zero-order valence-electron chi connectivity index (χ0n) is 14.9. The largest absolute Gasteiger partial charge is 0.0993 e. The Morgan fingerprint density at radius 3 is 1.95 bits per heavy atom. The van der Waals surface area contributed by atoms with Gasteiger partial charge >= 0.3 is 0 Å². The maximum absolute atomic E-state index is 4.26. The molecule has 0 spiro atoms. The Labute approximate surface area is 128 Å². The van der Waals surface area contributed by atoms with Gasteiger partial charge in [-0.2, -0.15) is 0 Å². The smallest absolute Gasteiger partial charge is 0.0147 e. The van der Waals surface area contributed by atoms with Crippen LogP contribution in [0.2, 0.25) is 0 Å². The van der Waals surface area contributed by atoms with Crippen LogP contribution >= 0.6 is 0 Å². The maximum Gasteiger partial charge on any atom is -0.0147 e. The van der Waals surface area contributed by atoms with Gasteiger partial charge in [-0.3, -0.25) is 0 Å². The first-order valence-corrected chi connectivity index (χ1v) is 8.28. The molecule has 0 atom stereocenters. The highest BCUT2D eigenvalue weighted by atomic mass is 14.2. The molecule has 116 valence electrons. The Balaban J connectivity index is 0. The Morgan fingerprint density at radius 1 is 1.00 bits per heavy atom. The van der Waals surface area contributed by atoms with Gasteiger partial charge in [-0.15, -0.1) is 0 Å². The Bertz CT molecular complexity index is 319. The highest BCUT2D eigenvalue weighted by molar-refractivity contribution is 5.17. The summed E-state index contributed by atoms with van der Waals surface area (Å²) in [5.74, 6) is 0. The van der Waals surface area contributed by atoms with E-state index in [1.54, 1.807) is 0 Å². The molecular weight excluding hydrogens is 240 g/mol. The lowest BCUT2D eigenvalue weighted by Gasteiger charge is -2.27. The van der Waals surface area contributed by atoms with E-state index in [4.69, 9.17) is 0 Å². The van der Waals surface area contributed by atoms with E-state index < -0.39 is 0 Å². The predicted molar refractivity (Wildman–Crippen MR) is 95.3 cm³/mol. The summed E-state index contributed by atoms with van der Waals surface area (Å²) in [7, 11) is 0. The minimum Gasteiger partial charge on any atom is -0.0993 e. The molecule has 0 heteroatoms. The normalized spacial score (nSPS) is 9.75. The van der Waals surface area contributed by atoms with Crippen LogP contribution in [0.5, 0.6) is 0 Å². The SMILES string of the molecule is C=C(CCc1ccccc1)C(C)(C)CCC.CC.CC. The first-order valence-electron chi connectivity index (χ1n) is 8.28. The van der Waals surface area contributed by atoms with Crippen LogP contribution in [0.1, 0.15) is 73.3 Å². The van der Waals surface area contributed by atoms with E-state index in [0.29, 0.717) is 5.41 Å². The summed E-state index contributed by atoms with van der Waals surface area (Å²) in [6.45, 7) is 19.1. The van der Waals surface area contributed by atoms with Crippen molar-refractivity contribution in [3.05, 3.63) is 48.0 Å². The third kappa shape index (κ3) is 8.96. The second-order valence-electron chi connectivity index (χ2n) is 5.22. The van der Waals surface area contributed by atoms with Gasteiger partial charge in [-0.05, 0) is 30.2 Å². The third-order valence-corrected chi connectivity index (χ3v) is 3.39. The molecule has 0 unspecified atom stereocenters. The lowest BCUT2D eigenvalue weighted by atomic mass is 9.79. The summed E-state index contributed by atoms with van der Waals surface area (Å²) >= 11 is 0. The standard InChI is InChI=1S/C16H24.2C2H6/c1-5-13-16(3,4)14(2)11-12-15-9-7-6-8-10-15;2*1-2/h6-10H,2,5,11-13H2,1,3-4H3;2*1-2H3. The van der Waals surface area contributed by atoms with E-state index in [0.717, 1.165) is 12.8 Å². The zero-order valence-corrected chi connectivity index (χ0v) is 14.9. The number of aryl methyl sites for hydroxylation is 1. The fourth-order valence-corrected chi connectivity index (χ4v) is 2.08. The average Bonchev–Trinajstić information content (AvgIpc) is 2.50. The van der Waals surface area contributed by atoms with Crippen molar-refractivity contribution in [2.24, 2.45) is 5.41 Å². The van der Waals surface area contributed by atoms with Crippen molar-refractivity contribution in [1.29, 1.82) is 0 Å². The summed E-state index contributed by atoms with van der Waals surface area (Å²) in [5.41, 5.74) is 3.10. The molecule has 0 heterocycles. The van der Waals surface area contributed by atoms with Gasteiger partial charge in [0.2, 0.25) is 0 Å². The highest BCUT2D eigenvalue weighted by Crippen LogP contribution is 2.33. The van der Waals surface area contributed by atoms with Crippen molar-refractivity contribution in [2.75, 3.05) is 0 Å². The van der Waals surface area contributed by atoms with E-state index in [2.05, 4.69) is 57.7 Å². The summed E-state index contributed by atoms with van der Waals surface area (Å²) in [6.07, 6.45) is 4.70. The lowest BCUT2D eigenvalue weighted by molar-refractivity contribution is 0.391. The van der Waals surface area contributed by atoms with Crippen molar-refractivity contribution in [3.63, 3.8) is 0 Å². The summed E-state index contributed by atoms with van der Waals surface area (Å²) in [6, 6.07) is 10.7. The molecule has 0 aliphatic heterocycles. The van der Waals surface area contributed by atoms with E-state index in [-0.39, 0.29) is 0 Å². The van der Waals surface area contributed by atoms with Crippen LogP contribution in [0.15, 0.2) is 42.5 Å². The number of benzene rings is 1. The minimum atomic E-state index is 0.295. The number of hydrogen-bond donors (Lipinski definition) is 0. The fraction of sp³-hybridized carbons (Fsp3) is 0.600. The molecule has 0 amide bonds. The first kappa shape index (κ1) is 21.3. The monoisotopic (exact) mass is 276 g/mol. The molecule has 0 N–H and O–H groups in total. The molecule has 0 aliphatic carbocycles. The minimum absolute atomic E-state index is 0.295. The second-order valence-corrected chi connectivity index (χ2v) is 5.22. The fourth-order valence-electron chi connectivity index (χ4n) is 2.08. The van der Waals surface area contributed by atoms with Crippen molar-refractivity contribution < 1.29 is 0 Å². The summed E-state index contributed by atoms with van der Waals surface area (Å²) in [5, 5.41) is 0. The van der Waals surface area contributed by atoms with Gasteiger partial charge in [0, 0.05) is 0 Å². The van der Waals surface area contributed by atoms with Crippen molar-refractivity contribution in [3.8, 4) is 0 Å². The Kier molecular flexibility index (Phi) is 13.8. The molecule has 0 radical (unpaired) electrons. The molecule has 0 saturated carbocycles. The lowest BCUT2D eigenvalue weighted by Crippen LogP contribution is -2.14. The molecular formula is C20H36. The number of allylic oxidation sites excluding steroid dienone is 1. The van der Waals surface area contributed by atoms with Gasteiger partial charge in [0.05, 0.1) is 0 Å². The number of hydrogen-bond acceptors (Lipinski definition) is 0. The van der Waals surface area contributed by atoms with Crippen molar-refractivity contribution in [2.45, 2.75) is 74.1 Å². The Morgan fingerprint density at radius 2 is 1.50 bits per heavy atom. The van der Waals surface area contributed by atoms with Crippen LogP contribution in [0, 0.1) is 5.41 Å². The van der Waals surface area contributed by atoms with E-state index >= 15 is 0 Å². The molecule has 1 aromatic rings. The molecule has 1 aromatic carbocycles. The van der Waals surface area contributed by atoms with Crippen LogP contribution in [-0.2, 0) is 6.42 Å². The van der Waals surface area contributed by atoms with E-state index in [1.165, 1.54) is 24.0 Å². The van der Waals surface area contributed by atoms with Crippen LogP contribution < -0.4 is 0 Å². The van der Waals surface area contributed by atoms with E-state index in [9.17, 15) is 0 Å². The predicted octanol–water partition coefficient (Wildman–Crippen LogP) is 7.05. The Hall–Kier alpha value is -1.04. The first-order chi connectivity index (χ1) is 9.56. The van der Waals surface area contributed by atoms with Crippen LogP contribution in [0.25, 0.3) is 0 Å². The average molecular weight is 277 g/mol. The maximum atomic E-state index is 4.26. The molecule has 0 bridgehead atoms. The van der Waals surface area contributed by atoms with Crippen molar-refractivity contribution >= 4 is 0 Å². The van der Waals surface area contributed by atoms with Crippen molar-refractivity contribution in [1.82, 2.24) is 0 Å². The molecule has 0 saturated heterocycles. The quantitative estimate of drug-likeness (QED) is 0.488. The second kappa shape index (κ2) is 13.0. The van der Waals surface area contributed by atoms with Gasteiger partial charge in [-0.1, -0.05) is 97.4 Å². The molecule has 20 heavy (non-hydrogen) atoms. The molecule has 0 nitrogen and oxygen atoms in total. The van der Waals surface area contributed by atoms with Gasteiger partial charge in [0.1, 0.15) is 0 Å². The van der Waals surface area contributed by atoms with Gasteiger partial charge in [0.25, 0.3) is 0 Å². The van der Waals surface area contributed by atoms with Crippen LogP contribution in [0.3, 0.4) is 0 Å². The van der Waals surface area contributed by atoms with E-state index in [1.807, 2.05) is 27.7 Å². The third-order valence-electron chi connectivity index (χ3n) is 3.39.